The van der Waals surface area contributed by atoms with Crippen LogP contribution in [0.3, 0.4) is 0 Å². The maximum absolute atomic E-state index is 11.2. The fraction of sp³-hybridized carbons (Fsp3) is 0.333. The summed E-state index contributed by atoms with van der Waals surface area (Å²) in [6.45, 7) is 6.32. The van der Waals surface area contributed by atoms with Crippen LogP contribution in [0.2, 0.25) is 0 Å². The molecule has 0 saturated carbocycles. The van der Waals surface area contributed by atoms with Gasteiger partial charge in [0.25, 0.3) is 0 Å². The highest BCUT2D eigenvalue weighted by atomic mass is 16.1. The van der Waals surface area contributed by atoms with Crippen LogP contribution in [0.4, 0.5) is 11.4 Å². The molecule has 0 bridgehead atoms. The van der Waals surface area contributed by atoms with Crippen molar-refractivity contribution in [1.29, 1.82) is 0 Å². The summed E-state index contributed by atoms with van der Waals surface area (Å²) in [4.78, 5) is 11.2. The number of nitrogens with one attached hydrogen (secondary N) is 2. The lowest BCUT2D eigenvalue weighted by molar-refractivity contribution is -0.114. The number of rotatable bonds is 5. The van der Waals surface area contributed by atoms with Crippen molar-refractivity contribution < 1.29 is 4.79 Å². The van der Waals surface area contributed by atoms with Crippen LogP contribution in [0.15, 0.2) is 36.7 Å². The summed E-state index contributed by atoms with van der Waals surface area (Å²) in [6, 6.07) is 8.10. The Morgan fingerprint density at radius 2 is 2.10 bits per heavy atom. The quantitative estimate of drug-likeness (QED) is 0.879. The molecule has 1 heterocycles. The van der Waals surface area contributed by atoms with Gasteiger partial charge >= 0.3 is 0 Å². The molecule has 106 valence electrons. The molecule has 0 fully saturated rings. The molecule has 2 rings (SSSR count). The highest BCUT2D eigenvalue weighted by molar-refractivity contribution is 5.89. The molecule has 0 saturated heterocycles. The zero-order valence-electron chi connectivity index (χ0n) is 12.1. The van der Waals surface area contributed by atoms with Gasteiger partial charge in [-0.1, -0.05) is 18.2 Å². The Labute approximate surface area is 119 Å². The van der Waals surface area contributed by atoms with E-state index in [0.717, 1.165) is 16.9 Å². The lowest BCUT2D eigenvalue weighted by Crippen LogP contribution is -2.09. The Balaban J connectivity index is 2.04. The van der Waals surface area contributed by atoms with Crippen molar-refractivity contribution in [2.24, 2.45) is 0 Å². The van der Waals surface area contributed by atoms with Gasteiger partial charge in [0.1, 0.15) is 0 Å². The van der Waals surface area contributed by atoms with Gasteiger partial charge in [-0.3, -0.25) is 9.48 Å². The summed E-state index contributed by atoms with van der Waals surface area (Å²) >= 11 is 0. The second kappa shape index (κ2) is 6.23. The Morgan fingerprint density at radius 3 is 2.75 bits per heavy atom. The van der Waals surface area contributed by atoms with Crippen LogP contribution in [0.25, 0.3) is 0 Å². The summed E-state index contributed by atoms with van der Waals surface area (Å²) in [5, 5.41) is 10.4. The lowest BCUT2D eigenvalue weighted by Gasteiger charge is -2.10. The lowest BCUT2D eigenvalue weighted by atomic mass is 10.1. The molecule has 2 aromatic rings. The van der Waals surface area contributed by atoms with Crippen LogP contribution < -0.4 is 10.6 Å². The minimum absolute atomic E-state index is 0.0647. The maximum atomic E-state index is 11.2. The van der Waals surface area contributed by atoms with E-state index in [0.29, 0.717) is 12.6 Å². The van der Waals surface area contributed by atoms with E-state index < -0.39 is 0 Å². The van der Waals surface area contributed by atoms with Crippen LogP contribution in [-0.2, 0) is 11.3 Å². The molecule has 0 aliphatic carbocycles. The monoisotopic (exact) mass is 272 g/mol. The van der Waals surface area contributed by atoms with Crippen molar-refractivity contribution >= 4 is 17.3 Å². The topological polar surface area (TPSA) is 59.0 Å². The fourth-order valence-corrected chi connectivity index (χ4v) is 1.90. The highest BCUT2D eigenvalue weighted by Crippen LogP contribution is 2.17. The number of para-hydroxylation sites is 1. The third-order valence-electron chi connectivity index (χ3n) is 2.94. The summed E-state index contributed by atoms with van der Waals surface area (Å²) in [6.07, 6.45) is 3.78. The maximum Gasteiger partial charge on any atom is 0.221 e. The number of benzene rings is 1. The van der Waals surface area contributed by atoms with E-state index in [4.69, 9.17) is 0 Å². The predicted octanol–water partition coefficient (Wildman–Crippen LogP) is 3.03. The minimum Gasteiger partial charge on any atom is -0.378 e. The summed E-state index contributed by atoms with van der Waals surface area (Å²) in [5.74, 6) is -0.0647. The Bertz CT molecular complexity index is 589. The van der Waals surface area contributed by atoms with Crippen LogP contribution in [0, 0.1) is 0 Å². The molecule has 1 amide bonds. The van der Waals surface area contributed by atoms with Gasteiger partial charge in [0.05, 0.1) is 11.9 Å². The number of carbonyl (C=O) groups excluding carboxylic acids is 1. The van der Waals surface area contributed by atoms with Crippen LogP contribution >= 0.6 is 0 Å². The minimum atomic E-state index is -0.0647. The molecule has 2 N–H and O–H groups in total. The second-order valence-corrected chi connectivity index (χ2v) is 4.99. The van der Waals surface area contributed by atoms with Crippen LogP contribution in [0.5, 0.6) is 0 Å². The van der Waals surface area contributed by atoms with Crippen LogP contribution in [-0.4, -0.2) is 15.7 Å². The fourth-order valence-electron chi connectivity index (χ4n) is 1.90. The summed E-state index contributed by atoms with van der Waals surface area (Å²) in [7, 11) is 0. The molecule has 0 unspecified atom stereocenters. The SMILES string of the molecule is CC(=O)Nc1ccccc1CNc1cnn(C(C)C)c1. The Morgan fingerprint density at radius 1 is 1.35 bits per heavy atom. The van der Waals surface area contributed by atoms with E-state index in [1.807, 2.05) is 35.1 Å². The molecule has 20 heavy (non-hydrogen) atoms. The summed E-state index contributed by atoms with van der Waals surface area (Å²) < 4.78 is 1.90. The van der Waals surface area contributed by atoms with Crippen molar-refractivity contribution in [3.8, 4) is 0 Å². The summed E-state index contributed by atoms with van der Waals surface area (Å²) in [5.41, 5.74) is 2.85. The van der Waals surface area contributed by atoms with E-state index in [1.165, 1.54) is 6.92 Å². The average molecular weight is 272 g/mol. The van der Waals surface area contributed by atoms with Gasteiger partial charge in [-0.25, -0.2) is 0 Å². The van der Waals surface area contributed by atoms with E-state index in [-0.39, 0.29) is 5.91 Å². The third kappa shape index (κ3) is 3.60. The van der Waals surface area contributed by atoms with Gasteiger partial charge in [-0.05, 0) is 25.5 Å². The first-order valence-corrected chi connectivity index (χ1v) is 6.70. The van der Waals surface area contributed by atoms with E-state index >= 15 is 0 Å². The number of nitrogens with zero attached hydrogens (tertiary/aromatic N) is 2. The Kier molecular flexibility index (Phi) is 4.40. The first-order chi connectivity index (χ1) is 9.56. The van der Waals surface area contributed by atoms with Crippen LogP contribution in [0.1, 0.15) is 32.4 Å². The molecule has 0 atom stereocenters. The first-order valence-electron chi connectivity index (χ1n) is 6.70. The van der Waals surface area contributed by atoms with Crippen molar-refractivity contribution in [1.82, 2.24) is 9.78 Å². The second-order valence-electron chi connectivity index (χ2n) is 4.99. The van der Waals surface area contributed by atoms with E-state index in [1.54, 1.807) is 6.20 Å². The molecule has 0 spiro atoms. The number of carbonyl (C=O) groups is 1. The average Bonchev–Trinajstić information content (AvgIpc) is 2.86. The molecule has 1 aromatic carbocycles. The molecule has 0 aliphatic rings. The van der Waals surface area contributed by atoms with E-state index in [2.05, 4.69) is 29.6 Å². The molecule has 0 radical (unpaired) electrons. The molecule has 5 nitrogen and oxygen atoms in total. The number of hydrogen-bond donors (Lipinski definition) is 2. The van der Waals surface area contributed by atoms with Gasteiger partial charge in [0, 0.05) is 31.4 Å². The smallest absolute Gasteiger partial charge is 0.221 e. The molecule has 0 aliphatic heterocycles. The Hall–Kier alpha value is -2.30. The molecule has 5 heteroatoms. The number of anilines is 2. The van der Waals surface area contributed by atoms with Gasteiger partial charge in [-0.2, -0.15) is 5.10 Å². The van der Waals surface area contributed by atoms with Gasteiger partial charge < -0.3 is 10.6 Å². The number of hydrogen-bond acceptors (Lipinski definition) is 3. The van der Waals surface area contributed by atoms with Crippen molar-refractivity contribution in [2.45, 2.75) is 33.4 Å². The third-order valence-corrected chi connectivity index (χ3v) is 2.94. The molecular formula is C15H20N4O. The number of aromatic nitrogens is 2. The van der Waals surface area contributed by atoms with Crippen molar-refractivity contribution in [3.63, 3.8) is 0 Å². The largest absolute Gasteiger partial charge is 0.378 e. The molecule has 1 aromatic heterocycles. The predicted molar refractivity (Wildman–Crippen MR) is 80.7 cm³/mol. The van der Waals surface area contributed by atoms with Gasteiger partial charge in [0.15, 0.2) is 0 Å². The number of amides is 1. The molecular weight excluding hydrogens is 252 g/mol. The van der Waals surface area contributed by atoms with Gasteiger partial charge in [0.2, 0.25) is 5.91 Å². The zero-order valence-corrected chi connectivity index (χ0v) is 12.1. The van der Waals surface area contributed by atoms with E-state index in [9.17, 15) is 4.79 Å². The normalized spacial score (nSPS) is 10.6. The standard InChI is InChI=1S/C15H20N4O/c1-11(2)19-10-14(9-17-19)16-8-13-6-4-5-7-15(13)18-12(3)20/h4-7,9-11,16H,8H2,1-3H3,(H,18,20). The van der Waals surface area contributed by atoms with Gasteiger partial charge in [-0.15, -0.1) is 0 Å². The highest BCUT2D eigenvalue weighted by Gasteiger charge is 2.05. The zero-order chi connectivity index (χ0) is 14.5. The van der Waals surface area contributed by atoms with Crippen molar-refractivity contribution in [2.75, 3.05) is 10.6 Å². The van der Waals surface area contributed by atoms with Crippen molar-refractivity contribution in [3.05, 3.63) is 42.2 Å². The first kappa shape index (κ1) is 14.1.